The van der Waals surface area contributed by atoms with Crippen molar-refractivity contribution in [1.82, 2.24) is 14.5 Å². The third kappa shape index (κ3) is 4.69. The Morgan fingerprint density at radius 2 is 1.91 bits per heavy atom. The van der Waals surface area contributed by atoms with Crippen molar-refractivity contribution in [2.24, 2.45) is 0 Å². The number of carbonyl (C=O) groups excluding carboxylic acids is 3. The molecule has 3 aromatic rings. The van der Waals surface area contributed by atoms with Gasteiger partial charge in [-0.2, -0.15) is 0 Å². The van der Waals surface area contributed by atoms with Gasteiger partial charge in [0.1, 0.15) is 0 Å². The molecule has 0 atom stereocenters. The van der Waals surface area contributed by atoms with E-state index in [1.54, 1.807) is 22.4 Å². The zero-order chi connectivity index (χ0) is 23.5. The minimum Gasteiger partial charge on any atom is -0.339 e. The Balaban J connectivity index is 1.62. The summed E-state index contributed by atoms with van der Waals surface area (Å²) < 4.78 is 1.96. The third-order valence-corrected chi connectivity index (χ3v) is 6.65. The summed E-state index contributed by atoms with van der Waals surface area (Å²) in [6, 6.07) is 7.05. The number of nitrogens with one attached hydrogen (secondary N) is 2. The highest BCUT2D eigenvalue weighted by Crippen LogP contribution is 2.35. The summed E-state index contributed by atoms with van der Waals surface area (Å²) in [7, 11) is 0. The molecule has 1 fully saturated rings. The number of piperidine rings is 1. The zero-order valence-corrected chi connectivity index (χ0v) is 19.3. The van der Waals surface area contributed by atoms with Gasteiger partial charge in [-0.25, -0.2) is 4.98 Å². The second-order valence-corrected chi connectivity index (χ2v) is 8.84. The Labute approximate surface area is 199 Å². The number of imidazole rings is 1. The number of carbonyl (C=O) groups is 3. The number of aromatic nitrogens is 2. The lowest BCUT2D eigenvalue weighted by molar-refractivity contribution is -0.127. The monoisotopic (exact) mass is 483 g/mol. The quantitative estimate of drug-likeness (QED) is 0.505. The highest BCUT2D eigenvalue weighted by atomic mass is 35.5. The minimum atomic E-state index is -0.350. The highest BCUT2D eigenvalue weighted by molar-refractivity contribution is 7.14. The van der Waals surface area contributed by atoms with Crippen molar-refractivity contribution in [2.75, 3.05) is 23.7 Å². The molecule has 0 aliphatic carbocycles. The molecule has 2 N–H and O–H groups in total. The van der Waals surface area contributed by atoms with Gasteiger partial charge in [-0.15, -0.1) is 11.3 Å². The maximum absolute atomic E-state index is 13.0. The van der Waals surface area contributed by atoms with Crippen LogP contribution in [0, 0.1) is 0 Å². The van der Waals surface area contributed by atoms with Crippen LogP contribution in [0.5, 0.6) is 0 Å². The number of para-hydroxylation sites is 1. The molecule has 0 saturated carbocycles. The van der Waals surface area contributed by atoms with Crippen molar-refractivity contribution in [2.45, 2.75) is 18.9 Å². The Morgan fingerprint density at radius 3 is 2.61 bits per heavy atom. The number of nitrogens with zero attached hydrogens (tertiary/aromatic N) is 3. The maximum Gasteiger partial charge on any atom is 0.258 e. The zero-order valence-electron chi connectivity index (χ0n) is 17.7. The molecule has 1 aliphatic heterocycles. The van der Waals surface area contributed by atoms with Crippen LogP contribution < -0.4 is 10.6 Å². The van der Waals surface area contributed by atoms with Crippen molar-refractivity contribution in [1.29, 1.82) is 0 Å². The number of likely N-dealkylation sites (tertiary alicyclic amines) is 1. The molecule has 33 heavy (non-hydrogen) atoms. The van der Waals surface area contributed by atoms with Crippen LogP contribution in [-0.4, -0.2) is 45.3 Å². The fourth-order valence-electron chi connectivity index (χ4n) is 3.89. The molecule has 1 aromatic carbocycles. The van der Waals surface area contributed by atoms with Gasteiger partial charge in [0.25, 0.3) is 5.91 Å². The number of benzene rings is 1. The summed E-state index contributed by atoms with van der Waals surface area (Å²) in [5.41, 5.74) is 1.81. The summed E-state index contributed by atoms with van der Waals surface area (Å²) in [4.78, 5) is 42.8. The first-order valence-electron chi connectivity index (χ1n) is 10.3. The van der Waals surface area contributed by atoms with Crippen molar-refractivity contribution < 1.29 is 14.4 Å². The first kappa shape index (κ1) is 22.8. The molecule has 0 radical (unpaired) electrons. The van der Waals surface area contributed by atoms with Gasteiger partial charge >= 0.3 is 0 Å². The summed E-state index contributed by atoms with van der Waals surface area (Å²) in [6.07, 6.45) is 3.87. The summed E-state index contributed by atoms with van der Waals surface area (Å²) in [6.45, 7) is 8.12. The predicted octanol–water partition coefficient (Wildman–Crippen LogP) is 4.48. The first-order chi connectivity index (χ1) is 15.9. The van der Waals surface area contributed by atoms with E-state index in [1.807, 2.05) is 16.7 Å². The number of hydrogen-bond donors (Lipinski definition) is 2. The molecule has 3 heterocycles. The second kappa shape index (κ2) is 9.60. The highest BCUT2D eigenvalue weighted by Gasteiger charge is 2.27. The molecular weight excluding hydrogens is 462 g/mol. The number of fused-ring (bicyclic) bond motifs is 1. The van der Waals surface area contributed by atoms with Gasteiger partial charge in [0.05, 0.1) is 26.6 Å². The van der Waals surface area contributed by atoms with E-state index in [-0.39, 0.29) is 23.8 Å². The van der Waals surface area contributed by atoms with Crippen LogP contribution in [0.15, 0.2) is 55.0 Å². The van der Waals surface area contributed by atoms with E-state index in [1.165, 1.54) is 23.5 Å². The van der Waals surface area contributed by atoms with Crippen molar-refractivity contribution in [3.63, 3.8) is 0 Å². The van der Waals surface area contributed by atoms with Crippen molar-refractivity contribution >= 4 is 62.6 Å². The third-order valence-electron chi connectivity index (χ3n) is 5.50. The fourth-order valence-corrected chi connectivity index (χ4v) is 4.93. The van der Waals surface area contributed by atoms with E-state index >= 15 is 0 Å². The normalized spacial score (nSPS) is 14.2. The van der Waals surface area contributed by atoms with Crippen LogP contribution >= 0.6 is 22.9 Å². The number of thiophene rings is 1. The van der Waals surface area contributed by atoms with E-state index in [4.69, 9.17) is 11.6 Å². The molecule has 1 saturated heterocycles. The van der Waals surface area contributed by atoms with Gasteiger partial charge in [0, 0.05) is 24.5 Å². The molecule has 170 valence electrons. The van der Waals surface area contributed by atoms with Crippen LogP contribution in [-0.2, 0) is 9.59 Å². The standard InChI is InChI=1S/C23H22ClN5O3S/c1-3-18(30)26-19-12-14(13-33-19)22(32)27-23-25-17-7-5-6-16(24)21(17)29(23)15-8-10-28(11-9-15)20(31)4-2/h3-7,12-13,15H,1-2,8-11H2,(H,26,30)(H,25,27,32). The largest absolute Gasteiger partial charge is 0.339 e. The van der Waals surface area contributed by atoms with E-state index in [9.17, 15) is 14.4 Å². The molecule has 2 aromatic heterocycles. The second-order valence-electron chi connectivity index (χ2n) is 7.52. The Bertz CT molecular complexity index is 1260. The molecule has 1 aliphatic rings. The lowest BCUT2D eigenvalue weighted by atomic mass is 10.0. The summed E-state index contributed by atoms with van der Waals surface area (Å²) >= 11 is 7.76. The van der Waals surface area contributed by atoms with Crippen LogP contribution in [0.1, 0.15) is 29.2 Å². The molecule has 8 nitrogen and oxygen atoms in total. The van der Waals surface area contributed by atoms with Crippen molar-refractivity contribution in [3.05, 3.63) is 65.5 Å². The molecule has 0 unspecified atom stereocenters. The van der Waals surface area contributed by atoms with Gasteiger partial charge in [-0.3, -0.25) is 19.7 Å². The molecule has 4 rings (SSSR count). The average molecular weight is 484 g/mol. The number of halogens is 1. The van der Waals surface area contributed by atoms with Gasteiger partial charge in [0.2, 0.25) is 17.8 Å². The molecule has 0 bridgehead atoms. The van der Waals surface area contributed by atoms with Gasteiger partial charge in [0.15, 0.2) is 0 Å². The molecular formula is C23H22ClN5O3S. The lowest BCUT2D eigenvalue weighted by Gasteiger charge is -2.33. The number of amides is 3. The Morgan fingerprint density at radius 1 is 1.15 bits per heavy atom. The van der Waals surface area contributed by atoms with E-state index in [0.717, 1.165) is 5.52 Å². The number of rotatable bonds is 6. The maximum atomic E-state index is 13.0. The Kier molecular flexibility index (Phi) is 6.62. The van der Waals surface area contributed by atoms with Gasteiger partial charge in [-0.05, 0) is 43.2 Å². The van der Waals surface area contributed by atoms with Crippen LogP contribution in [0.4, 0.5) is 10.9 Å². The van der Waals surface area contributed by atoms with Crippen LogP contribution in [0.3, 0.4) is 0 Å². The van der Waals surface area contributed by atoms with Crippen molar-refractivity contribution in [3.8, 4) is 0 Å². The van der Waals surface area contributed by atoms with E-state index < -0.39 is 0 Å². The number of hydrogen-bond acceptors (Lipinski definition) is 5. The molecule has 3 amide bonds. The topological polar surface area (TPSA) is 96.3 Å². The van der Waals surface area contributed by atoms with Crippen LogP contribution in [0.25, 0.3) is 11.0 Å². The van der Waals surface area contributed by atoms with Gasteiger partial charge < -0.3 is 14.8 Å². The minimum absolute atomic E-state index is 0.00369. The SMILES string of the molecule is C=CC(=O)Nc1cc(C(=O)Nc2nc3cccc(Cl)c3n2C2CCN(C(=O)C=C)CC2)cs1. The average Bonchev–Trinajstić information content (AvgIpc) is 3.43. The Hall–Kier alpha value is -3.43. The molecule has 0 spiro atoms. The number of anilines is 2. The van der Waals surface area contributed by atoms with Gasteiger partial charge in [-0.1, -0.05) is 30.8 Å². The fraction of sp³-hybridized carbons (Fsp3) is 0.217. The summed E-state index contributed by atoms with van der Waals surface area (Å²) in [5.74, 6) is -0.398. The molecule has 10 heteroatoms. The first-order valence-corrected chi connectivity index (χ1v) is 11.6. The van der Waals surface area contributed by atoms with E-state index in [0.29, 0.717) is 53.0 Å². The lowest BCUT2D eigenvalue weighted by Crippen LogP contribution is -2.38. The van der Waals surface area contributed by atoms with E-state index in [2.05, 4.69) is 28.8 Å². The smallest absolute Gasteiger partial charge is 0.258 e. The van der Waals surface area contributed by atoms with Crippen LogP contribution in [0.2, 0.25) is 5.02 Å². The summed E-state index contributed by atoms with van der Waals surface area (Å²) in [5, 5.41) is 8.28. The predicted molar refractivity (Wildman–Crippen MR) is 131 cm³/mol.